The summed E-state index contributed by atoms with van der Waals surface area (Å²) in [5.41, 5.74) is 2.07. The molecule has 0 aliphatic carbocycles. The molecule has 7 nitrogen and oxygen atoms in total. The van der Waals surface area contributed by atoms with Gasteiger partial charge in [-0.2, -0.15) is 0 Å². The number of hydrogen-bond donors (Lipinski definition) is 2. The highest BCUT2D eigenvalue weighted by molar-refractivity contribution is 5.68. The standard InChI is InChI=1S/C19H21N5O2/c25-18-10-14(24-9-8-21-13-24)3-4-16(18)17-11-23-19(12-22-17)26-15-2-1-6-20-7-5-15/h3-4,8-13,15,20,25H,1-2,5-7H2. The lowest BCUT2D eigenvalue weighted by molar-refractivity contribution is 0.179. The Hall–Kier alpha value is -2.93. The van der Waals surface area contributed by atoms with Crippen LogP contribution in [0, 0.1) is 0 Å². The largest absolute Gasteiger partial charge is 0.507 e. The first-order chi connectivity index (χ1) is 12.8. The predicted octanol–water partition coefficient (Wildman–Crippen LogP) is 2.56. The lowest BCUT2D eigenvalue weighted by Crippen LogP contribution is -2.19. The second-order valence-electron chi connectivity index (χ2n) is 6.33. The van der Waals surface area contributed by atoms with Crippen LogP contribution in [0.15, 0.2) is 49.3 Å². The van der Waals surface area contributed by atoms with Crippen LogP contribution >= 0.6 is 0 Å². The van der Waals surface area contributed by atoms with Gasteiger partial charge in [-0.3, -0.25) is 0 Å². The fourth-order valence-corrected chi connectivity index (χ4v) is 3.10. The van der Waals surface area contributed by atoms with Crippen molar-refractivity contribution in [3.8, 4) is 28.6 Å². The van der Waals surface area contributed by atoms with Crippen LogP contribution in [-0.4, -0.2) is 43.8 Å². The van der Waals surface area contributed by atoms with Gasteiger partial charge in [0.15, 0.2) is 0 Å². The predicted molar refractivity (Wildman–Crippen MR) is 97.4 cm³/mol. The summed E-state index contributed by atoms with van der Waals surface area (Å²) in [7, 11) is 0. The molecule has 0 amide bonds. The SMILES string of the molecule is Oc1cc(-n2ccnc2)ccc1-c1cnc(OC2CCCNCC2)cn1. The van der Waals surface area contributed by atoms with Crippen LogP contribution in [0.1, 0.15) is 19.3 Å². The fourth-order valence-electron chi connectivity index (χ4n) is 3.10. The number of phenolic OH excluding ortho intramolecular Hbond substituents is 1. The van der Waals surface area contributed by atoms with Crippen LogP contribution in [0.5, 0.6) is 11.6 Å². The molecule has 1 atom stereocenters. The number of benzene rings is 1. The third kappa shape index (κ3) is 3.67. The van der Waals surface area contributed by atoms with Gasteiger partial charge in [0.2, 0.25) is 5.88 Å². The van der Waals surface area contributed by atoms with Gasteiger partial charge in [-0.1, -0.05) is 0 Å². The summed E-state index contributed by atoms with van der Waals surface area (Å²) in [4.78, 5) is 12.8. The van der Waals surface area contributed by atoms with E-state index in [-0.39, 0.29) is 11.9 Å². The molecule has 0 bridgehead atoms. The highest BCUT2D eigenvalue weighted by Gasteiger charge is 2.15. The van der Waals surface area contributed by atoms with E-state index in [1.807, 2.05) is 22.9 Å². The molecule has 1 fully saturated rings. The fraction of sp³-hybridized carbons (Fsp3) is 0.316. The molecule has 0 saturated carbocycles. The molecular formula is C19H21N5O2. The van der Waals surface area contributed by atoms with E-state index in [4.69, 9.17) is 4.74 Å². The number of nitrogens with one attached hydrogen (secondary N) is 1. The molecule has 3 heterocycles. The molecule has 1 aliphatic rings. The lowest BCUT2D eigenvalue weighted by Gasteiger charge is -2.15. The molecule has 2 N–H and O–H groups in total. The summed E-state index contributed by atoms with van der Waals surface area (Å²) in [6.07, 6.45) is 11.7. The van der Waals surface area contributed by atoms with Crippen molar-refractivity contribution in [3.63, 3.8) is 0 Å². The number of aromatic nitrogens is 4. The highest BCUT2D eigenvalue weighted by atomic mass is 16.5. The maximum absolute atomic E-state index is 10.4. The number of phenols is 1. The first kappa shape index (κ1) is 16.5. The van der Waals surface area contributed by atoms with Crippen molar-refractivity contribution in [2.45, 2.75) is 25.4 Å². The van der Waals surface area contributed by atoms with E-state index in [0.29, 0.717) is 17.1 Å². The second-order valence-corrected chi connectivity index (χ2v) is 6.33. The maximum Gasteiger partial charge on any atom is 0.232 e. The van der Waals surface area contributed by atoms with Gasteiger partial charge in [-0.25, -0.2) is 15.0 Å². The molecule has 3 aromatic rings. The Kier molecular flexibility index (Phi) is 4.79. The van der Waals surface area contributed by atoms with Crippen molar-refractivity contribution >= 4 is 0 Å². The number of imidazole rings is 1. The number of nitrogens with zero attached hydrogens (tertiary/aromatic N) is 4. The van der Waals surface area contributed by atoms with Crippen molar-refractivity contribution in [2.24, 2.45) is 0 Å². The number of hydrogen-bond acceptors (Lipinski definition) is 6. The first-order valence-electron chi connectivity index (χ1n) is 8.81. The normalized spacial score (nSPS) is 17.6. The van der Waals surface area contributed by atoms with Gasteiger partial charge in [0.25, 0.3) is 0 Å². The van der Waals surface area contributed by atoms with Crippen molar-refractivity contribution in [3.05, 3.63) is 49.3 Å². The minimum absolute atomic E-state index is 0.147. The average molecular weight is 351 g/mol. The summed E-state index contributed by atoms with van der Waals surface area (Å²) < 4.78 is 7.77. The molecule has 0 radical (unpaired) electrons. The molecule has 26 heavy (non-hydrogen) atoms. The van der Waals surface area contributed by atoms with Gasteiger partial charge >= 0.3 is 0 Å². The number of aromatic hydroxyl groups is 1. The molecule has 1 saturated heterocycles. The van der Waals surface area contributed by atoms with E-state index in [1.165, 1.54) is 0 Å². The third-order valence-corrected chi connectivity index (χ3v) is 4.50. The van der Waals surface area contributed by atoms with E-state index in [2.05, 4.69) is 20.3 Å². The van der Waals surface area contributed by atoms with Gasteiger partial charge in [0.05, 0.1) is 30.1 Å². The van der Waals surface area contributed by atoms with Crippen LogP contribution < -0.4 is 10.1 Å². The van der Waals surface area contributed by atoms with Crippen molar-refractivity contribution in [1.82, 2.24) is 24.8 Å². The van der Waals surface area contributed by atoms with Crippen LogP contribution in [0.3, 0.4) is 0 Å². The minimum Gasteiger partial charge on any atom is -0.507 e. The van der Waals surface area contributed by atoms with Gasteiger partial charge in [0, 0.05) is 24.0 Å². The van der Waals surface area contributed by atoms with Crippen molar-refractivity contribution in [1.29, 1.82) is 0 Å². The van der Waals surface area contributed by atoms with E-state index in [1.54, 1.807) is 31.0 Å². The zero-order valence-corrected chi connectivity index (χ0v) is 14.4. The Morgan fingerprint density at radius 3 is 2.88 bits per heavy atom. The number of rotatable bonds is 4. The zero-order valence-electron chi connectivity index (χ0n) is 14.4. The summed E-state index contributed by atoms with van der Waals surface area (Å²) in [6, 6.07) is 5.41. The molecule has 2 aromatic heterocycles. The van der Waals surface area contributed by atoms with E-state index >= 15 is 0 Å². The molecule has 7 heteroatoms. The topological polar surface area (TPSA) is 85.1 Å². The molecule has 0 spiro atoms. The third-order valence-electron chi connectivity index (χ3n) is 4.50. The second kappa shape index (κ2) is 7.53. The molecule has 1 aliphatic heterocycles. The van der Waals surface area contributed by atoms with Gasteiger partial charge in [-0.05, 0) is 44.5 Å². The Morgan fingerprint density at radius 2 is 2.12 bits per heavy atom. The quantitative estimate of drug-likeness (QED) is 0.751. The van der Waals surface area contributed by atoms with Gasteiger partial charge in [-0.15, -0.1) is 0 Å². The zero-order chi connectivity index (χ0) is 17.8. The summed E-state index contributed by atoms with van der Waals surface area (Å²) in [5, 5.41) is 13.7. The Balaban J connectivity index is 1.49. The van der Waals surface area contributed by atoms with Crippen LogP contribution in [0.2, 0.25) is 0 Å². The molecule has 134 valence electrons. The van der Waals surface area contributed by atoms with Crippen molar-refractivity contribution < 1.29 is 9.84 Å². The van der Waals surface area contributed by atoms with E-state index < -0.39 is 0 Å². The highest BCUT2D eigenvalue weighted by Crippen LogP contribution is 2.30. The van der Waals surface area contributed by atoms with Gasteiger partial charge in [0.1, 0.15) is 11.9 Å². The average Bonchev–Trinajstić information content (AvgIpc) is 3.08. The van der Waals surface area contributed by atoms with E-state index in [0.717, 1.165) is 38.0 Å². The lowest BCUT2D eigenvalue weighted by atomic mass is 10.1. The minimum atomic E-state index is 0.147. The van der Waals surface area contributed by atoms with Crippen LogP contribution in [0.4, 0.5) is 0 Å². The molecular weight excluding hydrogens is 330 g/mol. The number of ether oxygens (including phenoxy) is 1. The Morgan fingerprint density at radius 1 is 1.15 bits per heavy atom. The van der Waals surface area contributed by atoms with E-state index in [9.17, 15) is 5.11 Å². The Labute approximate surface area is 151 Å². The summed E-state index contributed by atoms with van der Waals surface area (Å²) >= 11 is 0. The maximum atomic E-state index is 10.4. The monoisotopic (exact) mass is 351 g/mol. The summed E-state index contributed by atoms with van der Waals surface area (Å²) in [5.74, 6) is 0.671. The summed E-state index contributed by atoms with van der Waals surface area (Å²) in [6.45, 7) is 2.01. The van der Waals surface area contributed by atoms with Gasteiger partial charge < -0.3 is 19.7 Å². The van der Waals surface area contributed by atoms with Crippen LogP contribution in [-0.2, 0) is 0 Å². The molecule has 1 unspecified atom stereocenters. The van der Waals surface area contributed by atoms with Crippen LogP contribution in [0.25, 0.3) is 16.9 Å². The Bertz CT molecular complexity index is 841. The van der Waals surface area contributed by atoms with Crippen molar-refractivity contribution in [2.75, 3.05) is 13.1 Å². The first-order valence-corrected chi connectivity index (χ1v) is 8.81. The smallest absolute Gasteiger partial charge is 0.232 e. The molecule has 1 aromatic carbocycles. The molecule has 4 rings (SSSR count).